The Morgan fingerprint density at radius 1 is 1.56 bits per heavy atom. The number of likely N-dealkylation sites (tertiary alicyclic amines) is 1. The molecule has 1 N–H and O–H groups in total. The average molecular weight is 289 g/mol. The number of rotatable bonds is 3. The molecule has 1 amide bonds. The third kappa shape index (κ3) is 3.46. The minimum Gasteiger partial charge on any atom is -0.338 e. The SMILES string of the molecule is CNCC1CCCN(C(=O)c2cscc2C)C1.Cl. The van der Waals surface area contributed by atoms with Crippen LogP contribution in [0.1, 0.15) is 28.8 Å². The molecule has 18 heavy (non-hydrogen) atoms. The van der Waals surface area contributed by atoms with Crippen molar-refractivity contribution in [1.29, 1.82) is 0 Å². The van der Waals surface area contributed by atoms with Gasteiger partial charge in [0.2, 0.25) is 0 Å². The number of halogens is 1. The van der Waals surface area contributed by atoms with E-state index in [1.54, 1.807) is 11.3 Å². The highest BCUT2D eigenvalue weighted by Crippen LogP contribution is 2.21. The Morgan fingerprint density at radius 2 is 2.33 bits per heavy atom. The molecular formula is C13H21ClN2OS. The highest BCUT2D eigenvalue weighted by molar-refractivity contribution is 7.08. The summed E-state index contributed by atoms with van der Waals surface area (Å²) in [7, 11) is 1.98. The lowest BCUT2D eigenvalue weighted by Gasteiger charge is -2.32. The van der Waals surface area contributed by atoms with Gasteiger partial charge in [0.25, 0.3) is 5.91 Å². The minimum atomic E-state index is 0. The van der Waals surface area contributed by atoms with Crippen molar-refractivity contribution in [2.24, 2.45) is 5.92 Å². The molecule has 1 aromatic rings. The van der Waals surface area contributed by atoms with E-state index < -0.39 is 0 Å². The van der Waals surface area contributed by atoms with Gasteiger partial charge in [-0.05, 0) is 50.2 Å². The number of thiophene rings is 1. The molecule has 1 aliphatic heterocycles. The lowest BCUT2D eigenvalue weighted by molar-refractivity contribution is 0.0674. The first-order chi connectivity index (χ1) is 8.22. The summed E-state index contributed by atoms with van der Waals surface area (Å²) in [6.07, 6.45) is 2.36. The first kappa shape index (κ1) is 15.5. The van der Waals surface area contributed by atoms with Gasteiger partial charge in [0.05, 0.1) is 5.56 Å². The molecule has 0 spiro atoms. The van der Waals surface area contributed by atoms with Crippen LogP contribution in [0.3, 0.4) is 0 Å². The van der Waals surface area contributed by atoms with Crippen molar-refractivity contribution in [3.05, 3.63) is 21.9 Å². The highest BCUT2D eigenvalue weighted by atomic mass is 35.5. The molecule has 1 atom stereocenters. The van der Waals surface area contributed by atoms with Crippen molar-refractivity contribution in [1.82, 2.24) is 10.2 Å². The zero-order chi connectivity index (χ0) is 12.3. The van der Waals surface area contributed by atoms with E-state index >= 15 is 0 Å². The zero-order valence-electron chi connectivity index (χ0n) is 10.9. The van der Waals surface area contributed by atoms with E-state index in [-0.39, 0.29) is 18.3 Å². The number of hydrogen-bond donors (Lipinski definition) is 1. The van der Waals surface area contributed by atoms with E-state index in [1.807, 2.05) is 29.6 Å². The van der Waals surface area contributed by atoms with Crippen LogP contribution >= 0.6 is 23.7 Å². The molecule has 3 nitrogen and oxygen atoms in total. The summed E-state index contributed by atoms with van der Waals surface area (Å²) in [6, 6.07) is 0. The summed E-state index contributed by atoms with van der Waals surface area (Å²) in [5.41, 5.74) is 2.00. The summed E-state index contributed by atoms with van der Waals surface area (Å²) in [4.78, 5) is 14.4. The quantitative estimate of drug-likeness (QED) is 0.927. The van der Waals surface area contributed by atoms with Crippen LogP contribution < -0.4 is 5.32 Å². The van der Waals surface area contributed by atoms with E-state index in [9.17, 15) is 4.79 Å². The van der Waals surface area contributed by atoms with Crippen molar-refractivity contribution in [2.45, 2.75) is 19.8 Å². The van der Waals surface area contributed by atoms with Crippen LogP contribution in [0.25, 0.3) is 0 Å². The fraction of sp³-hybridized carbons (Fsp3) is 0.615. The molecule has 1 unspecified atom stereocenters. The van der Waals surface area contributed by atoms with Crippen LogP contribution in [-0.4, -0.2) is 37.5 Å². The van der Waals surface area contributed by atoms with Crippen LogP contribution in [0.2, 0.25) is 0 Å². The number of aryl methyl sites for hydroxylation is 1. The minimum absolute atomic E-state index is 0. The number of amides is 1. The standard InChI is InChI=1S/C13H20N2OS.ClH/c1-10-8-17-9-12(10)13(16)15-5-3-4-11(7-15)6-14-2;/h8-9,11,14H,3-7H2,1-2H3;1H. The maximum atomic E-state index is 12.3. The summed E-state index contributed by atoms with van der Waals surface area (Å²) in [6.45, 7) is 4.83. The fourth-order valence-corrected chi connectivity index (χ4v) is 3.28. The largest absolute Gasteiger partial charge is 0.338 e. The number of piperidine rings is 1. The molecule has 5 heteroatoms. The second-order valence-corrected chi connectivity index (χ2v) is 5.53. The fourth-order valence-electron chi connectivity index (χ4n) is 2.45. The maximum absolute atomic E-state index is 12.3. The first-order valence-corrected chi connectivity index (χ1v) is 7.13. The van der Waals surface area contributed by atoms with Gasteiger partial charge in [-0.3, -0.25) is 4.79 Å². The molecule has 0 saturated carbocycles. The number of nitrogens with zero attached hydrogens (tertiary/aromatic N) is 1. The Kier molecular flexibility index (Phi) is 6.12. The molecule has 1 aromatic heterocycles. The predicted molar refractivity (Wildman–Crippen MR) is 78.9 cm³/mol. The molecule has 1 aliphatic rings. The van der Waals surface area contributed by atoms with Crippen LogP contribution in [0, 0.1) is 12.8 Å². The van der Waals surface area contributed by atoms with Gasteiger partial charge in [-0.2, -0.15) is 11.3 Å². The topological polar surface area (TPSA) is 32.3 Å². The molecule has 102 valence electrons. The molecule has 0 radical (unpaired) electrons. The zero-order valence-corrected chi connectivity index (χ0v) is 12.6. The van der Waals surface area contributed by atoms with Crippen molar-refractivity contribution in [2.75, 3.05) is 26.7 Å². The van der Waals surface area contributed by atoms with Crippen LogP contribution in [0.15, 0.2) is 10.8 Å². The van der Waals surface area contributed by atoms with E-state index in [4.69, 9.17) is 0 Å². The van der Waals surface area contributed by atoms with Gasteiger partial charge >= 0.3 is 0 Å². The van der Waals surface area contributed by atoms with E-state index in [2.05, 4.69) is 5.32 Å². The van der Waals surface area contributed by atoms with Gasteiger partial charge in [-0.25, -0.2) is 0 Å². The Hall–Kier alpha value is -0.580. The molecular weight excluding hydrogens is 268 g/mol. The van der Waals surface area contributed by atoms with Crippen molar-refractivity contribution < 1.29 is 4.79 Å². The average Bonchev–Trinajstić information content (AvgIpc) is 2.75. The van der Waals surface area contributed by atoms with Crippen molar-refractivity contribution >= 4 is 29.7 Å². The monoisotopic (exact) mass is 288 g/mol. The molecule has 2 rings (SSSR count). The molecule has 0 bridgehead atoms. The van der Waals surface area contributed by atoms with E-state index in [0.717, 1.165) is 37.2 Å². The number of hydrogen-bond acceptors (Lipinski definition) is 3. The Morgan fingerprint density at radius 3 is 2.94 bits per heavy atom. The van der Waals surface area contributed by atoms with Gasteiger partial charge in [0.15, 0.2) is 0 Å². The Balaban J connectivity index is 0.00000162. The third-order valence-corrected chi connectivity index (χ3v) is 4.25. The molecule has 1 fully saturated rings. The second-order valence-electron chi connectivity index (χ2n) is 4.79. The summed E-state index contributed by atoms with van der Waals surface area (Å²) in [5, 5.41) is 7.22. The van der Waals surface area contributed by atoms with Gasteiger partial charge in [0, 0.05) is 18.5 Å². The second kappa shape index (κ2) is 7.12. The number of nitrogens with one attached hydrogen (secondary N) is 1. The predicted octanol–water partition coefficient (Wildman–Crippen LogP) is 2.55. The van der Waals surface area contributed by atoms with Crippen molar-refractivity contribution in [3.8, 4) is 0 Å². The summed E-state index contributed by atoms with van der Waals surface area (Å²) < 4.78 is 0. The van der Waals surface area contributed by atoms with Gasteiger partial charge in [-0.1, -0.05) is 0 Å². The maximum Gasteiger partial charge on any atom is 0.254 e. The molecule has 1 saturated heterocycles. The van der Waals surface area contributed by atoms with E-state index in [0.29, 0.717) is 5.92 Å². The Labute approximate surface area is 119 Å². The number of carbonyl (C=O) groups excluding carboxylic acids is 1. The van der Waals surface area contributed by atoms with Crippen LogP contribution in [-0.2, 0) is 0 Å². The third-order valence-electron chi connectivity index (χ3n) is 3.38. The van der Waals surface area contributed by atoms with E-state index in [1.165, 1.54) is 6.42 Å². The van der Waals surface area contributed by atoms with Crippen molar-refractivity contribution in [3.63, 3.8) is 0 Å². The highest BCUT2D eigenvalue weighted by Gasteiger charge is 2.24. The molecule has 0 aliphatic carbocycles. The lowest BCUT2D eigenvalue weighted by atomic mass is 9.97. The van der Waals surface area contributed by atoms with Gasteiger partial charge in [-0.15, -0.1) is 12.4 Å². The normalized spacial score (nSPS) is 19.4. The smallest absolute Gasteiger partial charge is 0.254 e. The molecule has 0 aromatic carbocycles. The van der Waals surface area contributed by atoms with Gasteiger partial charge in [0.1, 0.15) is 0 Å². The first-order valence-electron chi connectivity index (χ1n) is 6.19. The van der Waals surface area contributed by atoms with Crippen LogP contribution in [0.4, 0.5) is 0 Å². The summed E-state index contributed by atoms with van der Waals surface area (Å²) in [5.74, 6) is 0.821. The van der Waals surface area contributed by atoms with Crippen LogP contribution in [0.5, 0.6) is 0 Å². The summed E-state index contributed by atoms with van der Waals surface area (Å²) >= 11 is 1.61. The lowest BCUT2D eigenvalue weighted by Crippen LogP contribution is -2.42. The van der Waals surface area contributed by atoms with Gasteiger partial charge < -0.3 is 10.2 Å². The Bertz CT molecular complexity index is 392. The number of carbonyl (C=O) groups is 1. The molecule has 2 heterocycles.